The largest absolute Gasteiger partial charge is 2.00 e. The maximum atomic E-state index is 11.7. The van der Waals surface area contributed by atoms with Gasteiger partial charge < -0.3 is 19.8 Å². The van der Waals surface area contributed by atoms with Crippen LogP contribution in [0.1, 0.15) is 64.2 Å². The predicted octanol–water partition coefficient (Wildman–Crippen LogP) is 0.252. The van der Waals surface area contributed by atoms with E-state index in [4.69, 9.17) is 0 Å². The first kappa shape index (κ1) is 18.6. The van der Waals surface area contributed by atoms with Crippen molar-refractivity contribution >= 4 is 60.8 Å². The molecule has 0 atom stereocenters. The van der Waals surface area contributed by atoms with Crippen molar-refractivity contribution in [3.8, 4) is 0 Å². The van der Waals surface area contributed by atoms with E-state index in [1.807, 2.05) is 0 Å². The van der Waals surface area contributed by atoms with Crippen LogP contribution >= 0.6 is 0 Å². The van der Waals surface area contributed by atoms with E-state index in [-0.39, 0.29) is 60.7 Å². The molecule has 2 rings (SSSR count). The summed E-state index contributed by atoms with van der Waals surface area (Å²) < 4.78 is 0. The molecular weight excluding hydrogens is 381 g/mol. The molecule has 0 unspecified atom stereocenters. The molecule has 2 aliphatic rings. The van der Waals surface area contributed by atoms with Gasteiger partial charge in [0.1, 0.15) is 0 Å². The summed E-state index contributed by atoms with van der Waals surface area (Å²) in [6.45, 7) is 0. The molecular formula is C15H22BaO4. The number of carboxylic acid groups (broad SMARTS) is 2. The fourth-order valence-corrected chi connectivity index (χ4v) is 4.20. The van der Waals surface area contributed by atoms with Crippen molar-refractivity contribution in [2.45, 2.75) is 64.2 Å². The number of carboxylic acids is 2. The Bertz CT molecular complexity index is 310. The Hall–Kier alpha value is 0.511. The molecule has 0 aromatic carbocycles. The van der Waals surface area contributed by atoms with Gasteiger partial charge in [0.2, 0.25) is 0 Å². The molecule has 20 heavy (non-hydrogen) atoms. The minimum Gasteiger partial charge on any atom is -0.549 e. The number of aliphatic carboxylic acids is 2. The third-order valence-corrected chi connectivity index (χ3v) is 5.17. The van der Waals surface area contributed by atoms with Gasteiger partial charge in [-0.05, 0) is 37.5 Å². The molecule has 0 radical (unpaired) electrons. The summed E-state index contributed by atoms with van der Waals surface area (Å²) in [4.78, 5) is 23.5. The molecule has 0 N–H and O–H groups in total. The van der Waals surface area contributed by atoms with Gasteiger partial charge in [-0.2, -0.15) is 0 Å². The Morgan fingerprint density at radius 1 is 0.700 bits per heavy atom. The third kappa shape index (κ3) is 3.46. The van der Waals surface area contributed by atoms with Crippen molar-refractivity contribution in [3.05, 3.63) is 0 Å². The topological polar surface area (TPSA) is 80.3 Å². The SMILES string of the molecule is O=C([O-])C(C(=O)[O-])(C1CCCCC1)C1CCCCC1.[Ba+2]. The van der Waals surface area contributed by atoms with Crippen LogP contribution in [0, 0.1) is 17.3 Å². The number of hydrogen-bond acceptors (Lipinski definition) is 4. The second kappa shape index (κ2) is 8.22. The van der Waals surface area contributed by atoms with Gasteiger partial charge in [0.15, 0.2) is 0 Å². The van der Waals surface area contributed by atoms with Crippen molar-refractivity contribution < 1.29 is 19.8 Å². The van der Waals surface area contributed by atoms with Crippen LogP contribution in [0.3, 0.4) is 0 Å². The monoisotopic (exact) mass is 404 g/mol. The van der Waals surface area contributed by atoms with E-state index in [2.05, 4.69) is 0 Å². The van der Waals surface area contributed by atoms with Gasteiger partial charge in [0, 0.05) is 0 Å². The minimum atomic E-state index is -1.75. The smallest absolute Gasteiger partial charge is 0.549 e. The Kier molecular flexibility index (Phi) is 7.63. The zero-order chi connectivity index (χ0) is 13.9. The number of carbonyl (C=O) groups excluding carboxylic acids is 2. The molecule has 0 aliphatic heterocycles. The van der Waals surface area contributed by atoms with Crippen molar-refractivity contribution in [3.63, 3.8) is 0 Å². The summed E-state index contributed by atoms with van der Waals surface area (Å²) in [5, 5.41) is 23.5. The average Bonchev–Trinajstić information content (AvgIpc) is 2.41. The van der Waals surface area contributed by atoms with Crippen molar-refractivity contribution in [2.24, 2.45) is 17.3 Å². The second-order valence-electron chi connectivity index (χ2n) is 6.11. The first-order valence-electron chi connectivity index (χ1n) is 7.53. The standard InChI is InChI=1S/C15H24O4.Ba/c16-13(17)15(14(18)19,11-7-3-1-4-8-11)12-9-5-2-6-10-12;/h11-12H,1-10H2,(H,16,17)(H,18,19);/q;+2/p-2. The van der Waals surface area contributed by atoms with E-state index in [0.717, 1.165) is 38.5 Å². The molecule has 2 saturated carbocycles. The summed E-state index contributed by atoms with van der Waals surface area (Å²) in [6, 6.07) is 0. The van der Waals surface area contributed by atoms with Crippen molar-refractivity contribution in [1.29, 1.82) is 0 Å². The van der Waals surface area contributed by atoms with Gasteiger partial charge in [0.05, 0.1) is 17.4 Å². The Morgan fingerprint density at radius 2 is 1.00 bits per heavy atom. The molecule has 0 amide bonds. The number of rotatable bonds is 4. The van der Waals surface area contributed by atoms with E-state index in [1.54, 1.807) is 0 Å². The number of carbonyl (C=O) groups is 2. The van der Waals surface area contributed by atoms with Crippen LogP contribution in [-0.4, -0.2) is 60.8 Å². The first-order valence-corrected chi connectivity index (χ1v) is 7.53. The van der Waals surface area contributed by atoms with Crippen LogP contribution in [0.2, 0.25) is 0 Å². The summed E-state index contributed by atoms with van der Waals surface area (Å²) in [6.07, 6.45) is 8.52. The zero-order valence-electron chi connectivity index (χ0n) is 12.1. The van der Waals surface area contributed by atoms with Gasteiger partial charge in [-0.1, -0.05) is 38.5 Å². The number of hydrogen-bond donors (Lipinski definition) is 0. The first-order chi connectivity index (χ1) is 9.10. The Morgan fingerprint density at radius 3 is 1.25 bits per heavy atom. The van der Waals surface area contributed by atoms with Gasteiger partial charge >= 0.3 is 48.9 Å². The van der Waals surface area contributed by atoms with Crippen LogP contribution in [0.25, 0.3) is 0 Å². The summed E-state index contributed by atoms with van der Waals surface area (Å²) in [5.74, 6) is -3.43. The average molecular weight is 404 g/mol. The van der Waals surface area contributed by atoms with Gasteiger partial charge in [-0.3, -0.25) is 0 Å². The summed E-state index contributed by atoms with van der Waals surface area (Å²) >= 11 is 0. The molecule has 2 fully saturated rings. The van der Waals surface area contributed by atoms with E-state index >= 15 is 0 Å². The molecule has 0 heterocycles. The Balaban J connectivity index is 0.00000200. The maximum Gasteiger partial charge on any atom is 2.00 e. The Labute approximate surface area is 160 Å². The molecule has 0 bridgehead atoms. The van der Waals surface area contributed by atoms with Crippen molar-refractivity contribution in [2.75, 3.05) is 0 Å². The van der Waals surface area contributed by atoms with E-state index in [1.165, 1.54) is 0 Å². The second-order valence-corrected chi connectivity index (χ2v) is 6.11. The molecule has 0 aromatic heterocycles. The van der Waals surface area contributed by atoms with E-state index in [9.17, 15) is 19.8 Å². The molecule has 0 spiro atoms. The van der Waals surface area contributed by atoms with Crippen LogP contribution in [0.4, 0.5) is 0 Å². The van der Waals surface area contributed by atoms with Gasteiger partial charge in [-0.15, -0.1) is 0 Å². The fraction of sp³-hybridized carbons (Fsp3) is 0.867. The molecule has 0 aromatic rings. The minimum absolute atomic E-state index is 0. The third-order valence-electron chi connectivity index (χ3n) is 5.17. The van der Waals surface area contributed by atoms with Crippen LogP contribution in [-0.2, 0) is 9.59 Å². The molecule has 108 valence electrons. The molecule has 4 nitrogen and oxygen atoms in total. The van der Waals surface area contributed by atoms with Crippen molar-refractivity contribution in [1.82, 2.24) is 0 Å². The molecule has 0 saturated heterocycles. The van der Waals surface area contributed by atoms with E-state index < -0.39 is 17.4 Å². The van der Waals surface area contributed by atoms with Crippen LogP contribution in [0.5, 0.6) is 0 Å². The van der Waals surface area contributed by atoms with Gasteiger partial charge in [-0.25, -0.2) is 0 Å². The van der Waals surface area contributed by atoms with E-state index in [0.29, 0.717) is 25.7 Å². The van der Waals surface area contributed by atoms with Crippen LogP contribution < -0.4 is 10.2 Å². The molecule has 2 aliphatic carbocycles. The summed E-state index contributed by atoms with van der Waals surface area (Å²) in [5.41, 5.74) is -1.75. The molecule has 5 heteroatoms. The fourth-order valence-electron chi connectivity index (χ4n) is 4.20. The summed E-state index contributed by atoms with van der Waals surface area (Å²) in [7, 11) is 0. The normalized spacial score (nSPS) is 22.0. The zero-order valence-corrected chi connectivity index (χ0v) is 16.5. The van der Waals surface area contributed by atoms with Crippen LogP contribution in [0.15, 0.2) is 0 Å². The maximum absolute atomic E-state index is 11.7. The van der Waals surface area contributed by atoms with Gasteiger partial charge in [0.25, 0.3) is 0 Å². The quantitative estimate of drug-likeness (QED) is 0.498. The predicted molar refractivity (Wildman–Crippen MR) is 71.4 cm³/mol.